The largest absolute Gasteiger partial charge is 0.505 e. The first kappa shape index (κ1) is 22.7. The molecule has 0 saturated carbocycles. The van der Waals surface area contributed by atoms with Gasteiger partial charge in [0, 0.05) is 22.2 Å². The predicted octanol–water partition coefficient (Wildman–Crippen LogP) is 3.98. The van der Waals surface area contributed by atoms with Crippen LogP contribution in [0.5, 0.6) is 5.75 Å². The number of anilines is 1. The SMILES string of the molecule is O=C(NCc1cnc(-c2ccc(O)c(F)c2)s1)c1ccc2c(c1)NC(=O)c1ccccc1S2(=O)=O. The first-order valence-corrected chi connectivity index (χ1v) is 12.6. The van der Waals surface area contributed by atoms with E-state index in [9.17, 15) is 27.5 Å². The van der Waals surface area contributed by atoms with Crippen molar-refractivity contribution in [2.45, 2.75) is 16.3 Å². The third kappa shape index (κ3) is 4.15. The van der Waals surface area contributed by atoms with Gasteiger partial charge in [0.1, 0.15) is 5.01 Å². The number of phenols is 1. The molecule has 3 N–H and O–H groups in total. The number of fused-ring (bicyclic) bond motifs is 2. The minimum atomic E-state index is -3.96. The Hall–Kier alpha value is -4.09. The number of thiazole rings is 1. The molecule has 2 amide bonds. The Morgan fingerprint density at radius 3 is 2.69 bits per heavy atom. The standard InChI is InChI=1S/C24H16FN3O5S2/c25-17-9-14(5-7-19(17)29)24-27-12-15(34-24)11-26-22(30)13-6-8-21-18(10-13)28-23(31)16-3-1-2-4-20(16)35(21,32)33/h1-10,12,29H,11H2,(H,26,30)(H,28,31). The lowest BCUT2D eigenvalue weighted by Crippen LogP contribution is -2.22. The van der Waals surface area contributed by atoms with E-state index in [1.54, 1.807) is 18.3 Å². The summed E-state index contributed by atoms with van der Waals surface area (Å²) >= 11 is 1.25. The quantitative estimate of drug-likeness (QED) is 0.382. The van der Waals surface area contributed by atoms with Gasteiger partial charge in [0.25, 0.3) is 11.8 Å². The maximum atomic E-state index is 13.6. The molecule has 1 aliphatic heterocycles. The second-order valence-corrected chi connectivity index (χ2v) is 10.6. The minimum Gasteiger partial charge on any atom is -0.505 e. The Balaban J connectivity index is 1.35. The Labute approximate surface area is 203 Å². The van der Waals surface area contributed by atoms with E-state index < -0.39 is 33.2 Å². The summed E-state index contributed by atoms with van der Waals surface area (Å²) in [6, 6.07) is 13.9. The summed E-state index contributed by atoms with van der Waals surface area (Å²) in [5.74, 6) is -2.27. The number of sulfone groups is 1. The normalized spacial score (nSPS) is 13.8. The lowest BCUT2D eigenvalue weighted by molar-refractivity contribution is 0.0949. The summed E-state index contributed by atoms with van der Waals surface area (Å²) in [7, 11) is -3.96. The third-order valence-electron chi connectivity index (χ3n) is 5.37. The second-order valence-electron chi connectivity index (χ2n) is 7.65. The summed E-state index contributed by atoms with van der Waals surface area (Å²) in [6.07, 6.45) is 1.55. The van der Waals surface area contributed by atoms with Crippen LogP contribution in [0.15, 0.2) is 76.7 Å². The average Bonchev–Trinajstić information content (AvgIpc) is 3.30. The zero-order valence-corrected chi connectivity index (χ0v) is 19.4. The number of aromatic nitrogens is 1. The highest BCUT2D eigenvalue weighted by Crippen LogP contribution is 2.34. The van der Waals surface area contributed by atoms with Crippen molar-refractivity contribution in [1.29, 1.82) is 0 Å². The topological polar surface area (TPSA) is 125 Å². The van der Waals surface area contributed by atoms with Gasteiger partial charge in [-0.25, -0.2) is 17.8 Å². The van der Waals surface area contributed by atoms with E-state index in [1.165, 1.54) is 59.9 Å². The molecule has 0 atom stereocenters. The van der Waals surface area contributed by atoms with Crippen LogP contribution in [0, 0.1) is 5.82 Å². The number of benzene rings is 3. The number of carbonyl (C=O) groups excluding carboxylic acids is 2. The number of phenolic OH excluding ortho intramolecular Hbond substituents is 1. The summed E-state index contributed by atoms with van der Waals surface area (Å²) in [5.41, 5.74) is 0.708. The van der Waals surface area contributed by atoms with Crippen LogP contribution >= 0.6 is 11.3 Å². The number of hydrogen-bond acceptors (Lipinski definition) is 7. The number of amides is 2. The van der Waals surface area contributed by atoms with Gasteiger partial charge in [0.15, 0.2) is 11.6 Å². The maximum absolute atomic E-state index is 13.6. The number of nitrogens with zero attached hydrogens (tertiary/aromatic N) is 1. The van der Waals surface area contributed by atoms with Gasteiger partial charge in [-0.3, -0.25) is 9.59 Å². The lowest BCUT2D eigenvalue weighted by atomic mass is 10.1. The van der Waals surface area contributed by atoms with Crippen LogP contribution in [0.1, 0.15) is 25.6 Å². The molecule has 0 spiro atoms. The number of hydrogen-bond donors (Lipinski definition) is 3. The fraction of sp³-hybridized carbons (Fsp3) is 0.0417. The zero-order chi connectivity index (χ0) is 24.7. The number of nitrogens with one attached hydrogen (secondary N) is 2. The van der Waals surface area contributed by atoms with E-state index in [4.69, 9.17) is 0 Å². The lowest BCUT2D eigenvalue weighted by Gasteiger charge is -2.10. The Morgan fingerprint density at radius 1 is 1.09 bits per heavy atom. The predicted molar refractivity (Wildman–Crippen MR) is 127 cm³/mol. The van der Waals surface area contributed by atoms with Crippen LogP contribution in [0.2, 0.25) is 0 Å². The molecular weight excluding hydrogens is 493 g/mol. The van der Waals surface area contributed by atoms with E-state index in [2.05, 4.69) is 15.6 Å². The smallest absolute Gasteiger partial charge is 0.257 e. The van der Waals surface area contributed by atoms with Crippen molar-refractivity contribution in [1.82, 2.24) is 10.3 Å². The van der Waals surface area contributed by atoms with Gasteiger partial charge < -0.3 is 15.7 Å². The van der Waals surface area contributed by atoms with E-state index in [0.29, 0.717) is 15.4 Å². The Kier molecular flexibility index (Phi) is 5.58. The van der Waals surface area contributed by atoms with Crippen LogP contribution in [-0.4, -0.2) is 30.3 Å². The van der Waals surface area contributed by atoms with Crippen molar-refractivity contribution in [3.05, 3.63) is 88.7 Å². The van der Waals surface area contributed by atoms with E-state index in [0.717, 1.165) is 0 Å². The maximum Gasteiger partial charge on any atom is 0.257 e. The van der Waals surface area contributed by atoms with Gasteiger partial charge in [-0.15, -0.1) is 11.3 Å². The molecule has 2 heterocycles. The highest BCUT2D eigenvalue weighted by molar-refractivity contribution is 7.91. The van der Waals surface area contributed by atoms with Crippen LogP contribution in [0.25, 0.3) is 10.6 Å². The van der Waals surface area contributed by atoms with Gasteiger partial charge in [-0.05, 0) is 48.5 Å². The van der Waals surface area contributed by atoms with Crippen LogP contribution in [0.4, 0.5) is 10.1 Å². The van der Waals surface area contributed by atoms with Gasteiger partial charge in [-0.1, -0.05) is 12.1 Å². The highest BCUT2D eigenvalue weighted by atomic mass is 32.2. The first-order chi connectivity index (χ1) is 16.7. The zero-order valence-electron chi connectivity index (χ0n) is 17.8. The fourth-order valence-corrected chi connectivity index (χ4v) is 6.07. The number of halogens is 1. The van der Waals surface area contributed by atoms with Gasteiger partial charge in [-0.2, -0.15) is 0 Å². The average molecular weight is 510 g/mol. The molecule has 0 fully saturated rings. The monoisotopic (exact) mass is 509 g/mol. The minimum absolute atomic E-state index is 0.0216. The molecule has 1 aliphatic rings. The van der Waals surface area contributed by atoms with Crippen LogP contribution in [0.3, 0.4) is 0 Å². The molecule has 11 heteroatoms. The highest BCUT2D eigenvalue weighted by Gasteiger charge is 2.31. The van der Waals surface area contributed by atoms with Crippen molar-refractivity contribution in [2.24, 2.45) is 0 Å². The van der Waals surface area contributed by atoms with Crippen molar-refractivity contribution in [2.75, 3.05) is 5.32 Å². The number of carbonyl (C=O) groups is 2. The molecular formula is C24H16FN3O5S2. The molecule has 3 aromatic carbocycles. The second kappa shape index (κ2) is 8.60. The van der Waals surface area contributed by atoms with E-state index >= 15 is 0 Å². The molecule has 0 unspecified atom stereocenters. The van der Waals surface area contributed by atoms with Crippen molar-refractivity contribution >= 4 is 38.7 Å². The molecule has 4 aromatic rings. The molecule has 0 bridgehead atoms. The number of rotatable bonds is 4. The molecule has 0 radical (unpaired) electrons. The summed E-state index contributed by atoms with van der Waals surface area (Å²) in [4.78, 5) is 30.1. The third-order valence-corrected chi connectivity index (χ3v) is 8.29. The molecule has 0 saturated heterocycles. The molecule has 0 aliphatic carbocycles. The van der Waals surface area contributed by atoms with Crippen molar-refractivity contribution in [3.63, 3.8) is 0 Å². The van der Waals surface area contributed by atoms with Gasteiger partial charge in [0.2, 0.25) is 9.84 Å². The van der Waals surface area contributed by atoms with Crippen molar-refractivity contribution < 1.29 is 27.5 Å². The molecule has 35 heavy (non-hydrogen) atoms. The Bertz CT molecular complexity index is 1620. The van der Waals surface area contributed by atoms with E-state index in [-0.39, 0.29) is 33.2 Å². The molecule has 1 aromatic heterocycles. The first-order valence-electron chi connectivity index (χ1n) is 10.3. The van der Waals surface area contributed by atoms with Crippen LogP contribution in [-0.2, 0) is 16.4 Å². The molecule has 5 rings (SSSR count). The van der Waals surface area contributed by atoms with Crippen molar-refractivity contribution in [3.8, 4) is 16.3 Å². The van der Waals surface area contributed by atoms with Crippen LogP contribution < -0.4 is 10.6 Å². The Morgan fingerprint density at radius 2 is 1.89 bits per heavy atom. The van der Waals surface area contributed by atoms with Gasteiger partial charge in [0.05, 0.1) is 27.6 Å². The number of aromatic hydroxyl groups is 1. The van der Waals surface area contributed by atoms with Gasteiger partial charge >= 0.3 is 0 Å². The summed E-state index contributed by atoms with van der Waals surface area (Å²) in [6.45, 7) is 0.129. The summed E-state index contributed by atoms with van der Waals surface area (Å²) < 4.78 is 39.8. The fourth-order valence-electron chi connectivity index (χ4n) is 3.63. The van der Waals surface area contributed by atoms with E-state index in [1.807, 2.05) is 0 Å². The molecule has 8 nitrogen and oxygen atoms in total. The summed E-state index contributed by atoms with van der Waals surface area (Å²) in [5, 5.41) is 15.2. The molecule has 176 valence electrons.